The molecule has 0 radical (unpaired) electrons. The van der Waals surface area contributed by atoms with Crippen molar-refractivity contribution in [2.75, 3.05) is 6.61 Å². The largest absolute Gasteiger partial charge is 0.481 e. The Hall–Kier alpha value is -2.49. The van der Waals surface area contributed by atoms with Crippen molar-refractivity contribution in [3.8, 4) is 0 Å². The highest BCUT2D eigenvalue weighted by molar-refractivity contribution is 5.84. The van der Waals surface area contributed by atoms with Gasteiger partial charge in [0.05, 0.1) is 19.4 Å². The predicted molar refractivity (Wildman–Crippen MR) is 80.6 cm³/mol. The normalized spacial score (nSPS) is 11.8. The fourth-order valence-corrected chi connectivity index (χ4v) is 1.81. The van der Waals surface area contributed by atoms with E-state index in [-0.39, 0.29) is 32.6 Å². The van der Waals surface area contributed by atoms with E-state index in [4.69, 9.17) is 14.9 Å². The number of unbranched alkanes of at least 4 members (excludes halogenated alkanes) is 1. The van der Waals surface area contributed by atoms with E-state index in [0.29, 0.717) is 12.1 Å². The smallest absolute Gasteiger partial charge is 0.328 e. The minimum absolute atomic E-state index is 0.0642. The Labute approximate surface area is 138 Å². The Balaban J connectivity index is 2.59. The van der Waals surface area contributed by atoms with Crippen LogP contribution in [-0.4, -0.2) is 55.7 Å². The fraction of sp³-hybridized carbons (Fsp3) is 0.643. The van der Waals surface area contributed by atoms with Crippen molar-refractivity contribution in [2.45, 2.75) is 51.8 Å². The number of carbonyl (C=O) groups is 3. The zero-order chi connectivity index (χ0) is 17.9. The first-order chi connectivity index (χ1) is 11.5. The summed E-state index contributed by atoms with van der Waals surface area (Å²) in [5.41, 5.74) is 0.309. The van der Waals surface area contributed by atoms with Gasteiger partial charge in [-0.1, -0.05) is 18.6 Å². The van der Waals surface area contributed by atoms with Crippen LogP contribution in [0.3, 0.4) is 0 Å². The van der Waals surface area contributed by atoms with Crippen LogP contribution in [-0.2, 0) is 32.3 Å². The molecule has 1 aromatic heterocycles. The van der Waals surface area contributed by atoms with Crippen LogP contribution < -0.4 is 5.32 Å². The maximum atomic E-state index is 12.0. The van der Waals surface area contributed by atoms with Crippen LogP contribution in [0.1, 0.15) is 38.3 Å². The van der Waals surface area contributed by atoms with Crippen molar-refractivity contribution in [2.24, 2.45) is 0 Å². The highest BCUT2D eigenvalue weighted by Crippen LogP contribution is 2.03. The average Bonchev–Trinajstić information content (AvgIpc) is 2.98. The first-order valence-electron chi connectivity index (χ1n) is 7.64. The van der Waals surface area contributed by atoms with E-state index in [0.717, 1.165) is 6.42 Å². The quantitative estimate of drug-likeness (QED) is 0.359. The minimum Gasteiger partial charge on any atom is -0.481 e. The molecular formula is C14H22N4O6. The maximum Gasteiger partial charge on any atom is 0.328 e. The minimum atomic E-state index is -1.07. The number of rotatable bonds is 11. The Morgan fingerprint density at radius 1 is 1.42 bits per heavy atom. The zero-order valence-corrected chi connectivity index (χ0v) is 13.5. The molecule has 0 fully saturated rings. The number of hydrogen-bond acceptors (Lipinski definition) is 7. The van der Waals surface area contributed by atoms with E-state index in [2.05, 4.69) is 15.6 Å². The van der Waals surface area contributed by atoms with Gasteiger partial charge in [0.2, 0.25) is 5.91 Å². The summed E-state index contributed by atoms with van der Waals surface area (Å²) < 4.78 is 6.24. The third-order valence-corrected chi connectivity index (χ3v) is 3.06. The molecule has 0 aromatic carbocycles. The van der Waals surface area contributed by atoms with Crippen molar-refractivity contribution in [1.82, 2.24) is 20.3 Å². The van der Waals surface area contributed by atoms with Crippen molar-refractivity contribution >= 4 is 17.8 Å². The Kier molecular flexibility index (Phi) is 8.41. The second-order valence-corrected chi connectivity index (χ2v) is 5.14. The molecule has 0 saturated heterocycles. The molecule has 1 atom stereocenters. The monoisotopic (exact) mass is 342 g/mol. The summed E-state index contributed by atoms with van der Waals surface area (Å²) in [6, 6.07) is -1.04. The fourth-order valence-electron chi connectivity index (χ4n) is 1.81. The molecular weight excluding hydrogens is 320 g/mol. The van der Waals surface area contributed by atoms with Crippen molar-refractivity contribution in [3.05, 3.63) is 11.9 Å². The Bertz CT molecular complexity index is 559. The molecule has 0 bridgehead atoms. The number of esters is 1. The van der Waals surface area contributed by atoms with Crippen LogP contribution in [0.15, 0.2) is 6.20 Å². The van der Waals surface area contributed by atoms with E-state index in [1.165, 1.54) is 10.9 Å². The summed E-state index contributed by atoms with van der Waals surface area (Å²) in [6.45, 7) is 1.65. The summed E-state index contributed by atoms with van der Waals surface area (Å²) >= 11 is 0. The van der Waals surface area contributed by atoms with Crippen molar-refractivity contribution < 1.29 is 29.3 Å². The number of aromatic nitrogens is 3. The van der Waals surface area contributed by atoms with E-state index in [9.17, 15) is 14.4 Å². The molecule has 1 amide bonds. The lowest BCUT2D eigenvalue weighted by Crippen LogP contribution is -2.43. The number of amides is 1. The van der Waals surface area contributed by atoms with Crippen LogP contribution in [0.2, 0.25) is 0 Å². The molecule has 1 rings (SSSR count). The topological polar surface area (TPSA) is 144 Å². The zero-order valence-electron chi connectivity index (χ0n) is 13.5. The summed E-state index contributed by atoms with van der Waals surface area (Å²) in [5, 5.41) is 27.4. The molecule has 0 aliphatic carbocycles. The maximum absolute atomic E-state index is 12.0. The van der Waals surface area contributed by atoms with Gasteiger partial charge in [0.15, 0.2) is 0 Å². The lowest BCUT2D eigenvalue weighted by atomic mass is 10.1. The van der Waals surface area contributed by atoms with Crippen molar-refractivity contribution in [1.29, 1.82) is 0 Å². The molecule has 1 heterocycles. The molecule has 0 aliphatic rings. The predicted octanol–water partition coefficient (Wildman–Crippen LogP) is -0.537. The molecule has 10 nitrogen and oxygen atoms in total. The van der Waals surface area contributed by atoms with Gasteiger partial charge in [-0.15, -0.1) is 5.10 Å². The average molecular weight is 342 g/mol. The second kappa shape index (κ2) is 10.3. The van der Waals surface area contributed by atoms with E-state index in [1.807, 2.05) is 6.92 Å². The third kappa shape index (κ3) is 7.18. The van der Waals surface area contributed by atoms with E-state index >= 15 is 0 Å². The van der Waals surface area contributed by atoms with Gasteiger partial charge >= 0.3 is 11.9 Å². The van der Waals surface area contributed by atoms with Gasteiger partial charge in [-0.3, -0.25) is 9.59 Å². The number of carboxylic acid groups (broad SMARTS) is 1. The summed E-state index contributed by atoms with van der Waals surface area (Å²) in [4.78, 5) is 34.6. The number of aliphatic hydroxyl groups is 1. The van der Waals surface area contributed by atoms with E-state index in [1.54, 1.807) is 0 Å². The van der Waals surface area contributed by atoms with Gasteiger partial charge in [0.1, 0.15) is 18.3 Å². The highest BCUT2D eigenvalue weighted by atomic mass is 16.5. The highest BCUT2D eigenvalue weighted by Gasteiger charge is 2.23. The van der Waals surface area contributed by atoms with Gasteiger partial charge in [0.25, 0.3) is 0 Å². The molecule has 24 heavy (non-hydrogen) atoms. The number of ether oxygens (including phenoxy) is 1. The summed E-state index contributed by atoms with van der Waals surface area (Å²) in [6.07, 6.45) is 2.59. The van der Waals surface area contributed by atoms with Crippen LogP contribution in [0.5, 0.6) is 0 Å². The number of carboxylic acids is 1. The van der Waals surface area contributed by atoms with Gasteiger partial charge < -0.3 is 20.3 Å². The van der Waals surface area contributed by atoms with Crippen LogP contribution >= 0.6 is 0 Å². The first-order valence-corrected chi connectivity index (χ1v) is 7.64. The number of nitrogens with zero attached hydrogens (tertiary/aromatic N) is 3. The molecule has 0 saturated carbocycles. The standard InChI is InChI=1S/C14H22N4O6/c1-2-3-6-24-14(23)11(4-5-13(21)22)15-12(20)8-18-7-10(9-19)16-17-18/h7,11,19H,2-6,8-9H2,1H3,(H,15,20)(H,21,22)/t11-/m0/s1. The van der Waals surface area contributed by atoms with Crippen LogP contribution in [0.25, 0.3) is 0 Å². The SMILES string of the molecule is CCCCOC(=O)[C@H](CCC(=O)O)NC(=O)Cn1cc(CO)nn1. The molecule has 0 unspecified atom stereocenters. The lowest BCUT2D eigenvalue weighted by molar-refractivity contribution is -0.148. The Morgan fingerprint density at radius 2 is 2.17 bits per heavy atom. The lowest BCUT2D eigenvalue weighted by Gasteiger charge is -2.17. The van der Waals surface area contributed by atoms with Gasteiger partial charge in [-0.25, -0.2) is 9.48 Å². The second-order valence-electron chi connectivity index (χ2n) is 5.14. The molecule has 10 heteroatoms. The number of aliphatic hydroxyl groups excluding tert-OH is 1. The summed E-state index contributed by atoms with van der Waals surface area (Å²) in [7, 11) is 0. The van der Waals surface area contributed by atoms with Crippen LogP contribution in [0.4, 0.5) is 0 Å². The molecule has 134 valence electrons. The molecule has 0 spiro atoms. The first kappa shape index (κ1) is 19.6. The van der Waals surface area contributed by atoms with E-state index < -0.39 is 23.9 Å². The summed E-state index contributed by atoms with van der Waals surface area (Å²) in [5.74, 6) is -2.26. The third-order valence-electron chi connectivity index (χ3n) is 3.06. The van der Waals surface area contributed by atoms with Crippen molar-refractivity contribution in [3.63, 3.8) is 0 Å². The van der Waals surface area contributed by atoms with Gasteiger partial charge in [0, 0.05) is 6.42 Å². The van der Waals surface area contributed by atoms with Gasteiger partial charge in [-0.05, 0) is 12.8 Å². The number of aliphatic carboxylic acids is 1. The van der Waals surface area contributed by atoms with Gasteiger partial charge in [-0.2, -0.15) is 0 Å². The molecule has 1 aromatic rings. The number of nitrogens with one attached hydrogen (secondary N) is 1. The number of carbonyl (C=O) groups excluding carboxylic acids is 2. The molecule has 0 aliphatic heterocycles. The number of hydrogen-bond donors (Lipinski definition) is 3. The Morgan fingerprint density at radius 3 is 2.75 bits per heavy atom. The van der Waals surface area contributed by atoms with Crippen LogP contribution in [0, 0.1) is 0 Å². The molecule has 3 N–H and O–H groups in total.